The first kappa shape index (κ1) is 14.0. The molecule has 0 radical (unpaired) electrons. The first-order valence-electron chi connectivity index (χ1n) is 5.88. The molecule has 5 nitrogen and oxygen atoms in total. The Labute approximate surface area is 120 Å². The van der Waals surface area contributed by atoms with E-state index in [2.05, 4.69) is 15.5 Å². The molecule has 0 fully saturated rings. The summed E-state index contributed by atoms with van der Waals surface area (Å²) in [5.74, 6) is 0.0918. The lowest BCUT2D eigenvalue weighted by Gasteiger charge is -2.04. The van der Waals surface area contributed by atoms with Crippen molar-refractivity contribution in [3.8, 4) is 0 Å². The van der Waals surface area contributed by atoms with Gasteiger partial charge in [-0.15, -0.1) is 23.1 Å². The van der Waals surface area contributed by atoms with E-state index in [0.717, 1.165) is 15.5 Å². The highest BCUT2D eigenvalue weighted by Crippen LogP contribution is 2.42. The molecular weight excluding hydrogens is 280 g/mol. The smallest absolute Gasteiger partial charge is 0.174 e. The van der Waals surface area contributed by atoms with Crippen molar-refractivity contribution in [3.05, 3.63) is 22.8 Å². The van der Waals surface area contributed by atoms with Gasteiger partial charge in [0, 0.05) is 24.7 Å². The Morgan fingerprint density at radius 2 is 2.42 bits per heavy atom. The number of anilines is 2. The molecule has 0 aromatic carbocycles. The number of hydrogen-bond acceptors (Lipinski definition) is 6. The maximum Gasteiger partial charge on any atom is 0.174 e. The zero-order chi connectivity index (χ0) is 13.8. The molecule has 102 valence electrons. The number of nitrogen functional groups attached to an aromatic ring is 1. The Hall–Kier alpha value is -1.47. The lowest BCUT2D eigenvalue weighted by Crippen LogP contribution is -1.98. The van der Waals surface area contributed by atoms with Crippen LogP contribution in [-0.2, 0) is 6.54 Å². The van der Waals surface area contributed by atoms with Gasteiger partial charge in [-0.05, 0) is 6.26 Å². The predicted octanol–water partition coefficient (Wildman–Crippen LogP) is 2.98. The quantitative estimate of drug-likeness (QED) is 0.564. The maximum atomic E-state index is 11.8. The van der Waals surface area contributed by atoms with E-state index in [9.17, 15) is 4.79 Å². The van der Waals surface area contributed by atoms with Crippen LogP contribution in [0.3, 0.4) is 0 Å². The normalized spacial score (nSPS) is 10.6. The van der Waals surface area contributed by atoms with Crippen molar-refractivity contribution in [2.45, 2.75) is 24.8 Å². The second-order valence-corrected chi connectivity index (χ2v) is 5.78. The zero-order valence-corrected chi connectivity index (χ0v) is 12.5. The van der Waals surface area contributed by atoms with E-state index in [0.29, 0.717) is 23.5 Å². The number of carbonyl (C=O) groups excluding carboxylic acids is 1. The van der Waals surface area contributed by atoms with Gasteiger partial charge in [-0.25, -0.2) is 0 Å². The summed E-state index contributed by atoms with van der Waals surface area (Å²) >= 11 is 2.98. The lowest BCUT2D eigenvalue weighted by atomic mass is 10.2. The van der Waals surface area contributed by atoms with E-state index in [1.165, 1.54) is 11.3 Å². The van der Waals surface area contributed by atoms with Gasteiger partial charge in [-0.3, -0.25) is 9.89 Å². The van der Waals surface area contributed by atoms with Gasteiger partial charge in [0.1, 0.15) is 5.00 Å². The largest absolute Gasteiger partial charge is 0.396 e. The van der Waals surface area contributed by atoms with Gasteiger partial charge in [0.15, 0.2) is 5.78 Å². The highest BCUT2D eigenvalue weighted by Gasteiger charge is 2.19. The zero-order valence-electron chi connectivity index (χ0n) is 10.8. The summed E-state index contributed by atoms with van der Waals surface area (Å²) in [6.45, 7) is 2.50. The van der Waals surface area contributed by atoms with Gasteiger partial charge in [-0.2, -0.15) is 5.10 Å². The number of thiophene rings is 1. The van der Waals surface area contributed by atoms with Crippen LogP contribution in [0.15, 0.2) is 17.3 Å². The minimum absolute atomic E-state index is 0.0918. The molecule has 7 heteroatoms. The van der Waals surface area contributed by atoms with E-state index < -0.39 is 0 Å². The van der Waals surface area contributed by atoms with Crippen LogP contribution < -0.4 is 11.1 Å². The van der Waals surface area contributed by atoms with Crippen LogP contribution in [0.25, 0.3) is 0 Å². The molecule has 19 heavy (non-hydrogen) atoms. The molecule has 0 unspecified atom stereocenters. The fourth-order valence-corrected chi connectivity index (χ4v) is 3.71. The van der Waals surface area contributed by atoms with E-state index in [1.54, 1.807) is 18.0 Å². The molecule has 0 bridgehead atoms. The van der Waals surface area contributed by atoms with Crippen LogP contribution in [0, 0.1) is 0 Å². The van der Waals surface area contributed by atoms with Gasteiger partial charge in [0.2, 0.25) is 0 Å². The molecular formula is C12H16N4OS2. The number of hydrogen-bond donors (Lipinski definition) is 3. The Kier molecular flexibility index (Phi) is 4.49. The summed E-state index contributed by atoms with van der Waals surface area (Å²) in [4.78, 5) is 13.4. The maximum absolute atomic E-state index is 11.8. The summed E-state index contributed by atoms with van der Waals surface area (Å²) in [6, 6.07) is 0. The van der Waals surface area contributed by atoms with Crippen molar-refractivity contribution in [3.63, 3.8) is 0 Å². The van der Waals surface area contributed by atoms with Gasteiger partial charge >= 0.3 is 0 Å². The van der Waals surface area contributed by atoms with Gasteiger partial charge in [0.25, 0.3) is 0 Å². The lowest BCUT2D eigenvalue weighted by molar-refractivity contribution is 0.0992. The number of ketones is 1. The Balaban J connectivity index is 2.22. The summed E-state index contributed by atoms with van der Waals surface area (Å²) in [7, 11) is 0. The second-order valence-electron chi connectivity index (χ2n) is 3.94. The molecule has 2 aromatic rings. The van der Waals surface area contributed by atoms with Crippen LogP contribution in [-0.4, -0.2) is 22.2 Å². The van der Waals surface area contributed by atoms with Gasteiger partial charge in [-0.1, -0.05) is 6.92 Å². The summed E-state index contributed by atoms with van der Waals surface area (Å²) < 4.78 is 0. The number of carbonyl (C=O) groups is 1. The average Bonchev–Trinajstić information content (AvgIpc) is 3.03. The monoisotopic (exact) mass is 296 g/mol. The van der Waals surface area contributed by atoms with Crippen LogP contribution in [0.1, 0.15) is 28.6 Å². The number of rotatable bonds is 6. The molecule has 0 aliphatic rings. The number of aromatic amines is 1. The Morgan fingerprint density at radius 1 is 1.63 bits per heavy atom. The van der Waals surface area contributed by atoms with Crippen molar-refractivity contribution in [1.82, 2.24) is 10.2 Å². The Bertz CT molecular complexity index is 563. The van der Waals surface area contributed by atoms with E-state index in [-0.39, 0.29) is 5.78 Å². The summed E-state index contributed by atoms with van der Waals surface area (Å²) in [5, 5.41) is 10.9. The number of Topliss-reactive ketones (excluding diaryl/α,β-unsaturated/α-hetero) is 1. The predicted molar refractivity (Wildman–Crippen MR) is 81.0 cm³/mol. The number of nitrogens with zero attached hydrogens (tertiary/aromatic N) is 1. The topological polar surface area (TPSA) is 83.8 Å². The highest BCUT2D eigenvalue weighted by molar-refractivity contribution is 7.99. The van der Waals surface area contributed by atoms with Crippen LogP contribution in [0.5, 0.6) is 0 Å². The molecule has 0 saturated carbocycles. The summed E-state index contributed by atoms with van der Waals surface area (Å²) in [5.41, 5.74) is 7.70. The number of aromatic nitrogens is 2. The third-order valence-corrected chi connectivity index (χ3v) is 4.85. The molecule has 0 amide bonds. The first-order valence-corrected chi connectivity index (χ1v) is 7.92. The van der Waals surface area contributed by atoms with Crippen LogP contribution in [0.2, 0.25) is 0 Å². The third-order valence-electron chi connectivity index (χ3n) is 2.69. The van der Waals surface area contributed by atoms with Crippen LogP contribution >= 0.6 is 23.1 Å². The third kappa shape index (κ3) is 2.93. The number of thioether (sulfide) groups is 1. The average molecular weight is 296 g/mol. The van der Waals surface area contributed by atoms with Crippen LogP contribution in [0.4, 0.5) is 10.7 Å². The number of H-pyrrole nitrogens is 1. The SMILES string of the molecule is CCC(=O)c1sc(NCc2cn[nH]c2)c(SC)c1N. The minimum atomic E-state index is 0.0918. The molecule has 0 atom stereocenters. The van der Waals surface area contributed by atoms with Gasteiger partial charge < -0.3 is 11.1 Å². The van der Waals surface area contributed by atoms with E-state index in [4.69, 9.17) is 5.73 Å². The molecule has 2 rings (SSSR count). The summed E-state index contributed by atoms with van der Waals surface area (Å²) in [6.07, 6.45) is 6.03. The van der Waals surface area contributed by atoms with E-state index >= 15 is 0 Å². The Morgan fingerprint density at radius 3 is 3.00 bits per heavy atom. The number of nitrogens with two attached hydrogens (primary N) is 1. The minimum Gasteiger partial charge on any atom is -0.396 e. The molecule has 0 saturated heterocycles. The van der Waals surface area contributed by atoms with E-state index in [1.807, 2.05) is 19.4 Å². The van der Waals surface area contributed by atoms with Crippen molar-refractivity contribution in [1.29, 1.82) is 0 Å². The first-order chi connectivity index (χ1) is 9.17. The van der Waals surface area contributed by atoms with Crippen molar-refractivity contribution in [2.24, 2.45) is 0 Å². The molecule has 2 aromatic heterocycles. The fourth-order valence-electron chi connectivity index (χ4n) is 1.67. The molecule has 2 heterocycles. The second kappa shape index (κ2) is 6.12. The molecule has 0 spiro atoms. The highest BCUT2D eigenvalue weighted by atomic mass is 32.2. The standard InChI is InChI=1S/C12H16N4OS2/c1-3-8(17)10-9(13)11(18-2)12(19-10)14-4-7-5-15-16-6-7/h5-6,14H,3-4,13H2,1-2H3,(H,15,16). The van der Waals surface area contributed by atoms with Crippen molar-refractivity contribution >= 4 is 39.6 Å². The van der Waals surface area contributed by atoms with Crippen molar-refractivity contribution < 1.29 is 4.79 Å². The fraction of sp³-hybridized carbons (Fsp3) is 0.333. The molecule has 0 aliphatic carbocycles. The van der Waals surface area contributed by atoms with Gasteiger partial charge in [0.05, 0.1) is 21.7 Å². The number of nitrogens with one attached hydrogen (secondary N) is 2. The molecule has 4 N–H and O–H groups in total. The molecule has 0 aliphatic heterocycles. The van der Waals surface area contributed by atoms with Crippen molar-refractivity contribution in [2.75, 3.05) is 17.3 Å².